The quantitative estimate of drug-likeness (QED) is 0.470. The molecule has 5 atom stereocenters. The average Bonchev–Trinajstić information content (AvgIpc) is 2.99. The van der Waals surface area contributed by atoms with Gasteiger partial charge in [0, 0.05) is 0 Å². The minimum absolute atomic E-state index is 0.178. The van der Waals surface area contributed by atoms with Gasteiger partial charge in [-0.3, -0.25) is 0 Å². The molecule has 0 aromatic carbocycles. The van der Waals surface area contributed by atoms with Crippen LogP contribution in [-0.4, -0.2) is 11.2 Å². The standard InChI is InChI=1S/C27H42O/c1-19(2)8-6-9-21(4)25-15-16-26-22(10-7-17-27(25,26)5)12-13-23-18-24(28)14-11-20(23)3/h12-13,21,24-26,28H,1,3,6-11,14-18H2,2,4-5H3/b22-12+,23-13+/t21-,24+,25-,26+,27-/m1/s1. The van der Waals surface area contributed by atoms with E-state index in [9.17, 15) is 5.11 Å². The van der Waals surface area contributed by atoms with Crippen LogP contribution in [0.15, 0.2) is 47.6 Å². The molecule has 0 bridgehead atoms. The second-order valence-corrected chi connectivity index (χ2v) is 10.4. The van der Waals surface area contributed by atoms with Crippen molar-refractivity contribution in [3.8, 4) is 0 Å². The fraction of sp³-hybridized carbons (Fsp3) is 0.704. The van der Waals surface area contributed by atoms with Crippen LogP contribution in [0.5, 0.6) is 0 Å². The molecule has 28 heavy (non-hydrogen) atoms. The lowest BCUT2D eigenvalue weighted by molar-refractivity contribution is 0.0935. The molecule has 3 aliphatic rings. The maximum Gasteiger partial charge on any atom is 0.0583 e. The number of hydrogen-bond acceptors (Lipinski definition) is 1. The fourth-order valence-electron chi connectivity index (χ4n) is 6.54. The van der Waals surface area contributed by atoms with Gasteiger partial charge in [-0.2, -0.15) is 0 Å². The van der Waals surface area contributed by atoms with Gasteiger partial charge in [-0.15, -0.1) is 6.58 Å². The molecule has 1 nitrogen and oxygen atoms in total. The van der Waals surface area contributed by atoms with E-state index in [1.807, 2.05) is 0 Å². The molecule has 0 amide bonds. The SMILES string of the molecule is C=C(C)CCC[C@@H](C)[C@H]1CC[C@H]2/C(=C/C=C3\C[C@@H](O)CCC3=C)CCC[C@]12C. The maximum absolute atomic E-state index is 10.0. The molecule has 0 heterocycles. The summed E-state index contributed by atoms with van der Waals surface area (Å²) >= 11 is 0. The van der Waals surface area contributed by atoms with Crippen molar-refractivity contribution in [3.63, 3.8) is 0 Å². The molecule has 1 heteroatoms. The molecule has 0 aliphatic heterocycles. The van der Waals surface area contributed by atoms with Gasteiger partial charge in [0.2, 0.25) is 0 Å². The lowest BCUT2D eigenvalue weighted by Crippen LogP contribution is -2.36. The van der Waals surface area contributed by atoms with E-state index in [4.69, 9.17) is 0 Å². The van der Waals surface area contributed by atoms with E-state index >= 15 is 0 Å². The molecular weight excluding hydrogens is 340 g/mol. The Morgan fingerprint density at radius 3 is 2.79 bits per heavy atom. The van der Waals surface area contributed by atoms with E-state index in [-0.39, 0.29) is 6.10 Å². The van der Waals surface area contributed by atoms with Crippen molar-refractivity contribution in [3.05, 3.63) is 47.6 Å². The second kappa shape index (κ2) is 9.16. The lowest BCUT2D eigenvalue weighted by atomic mass is 9.60. The largest absolute Gasteiger partial charge is 0.393 e. The first kappa shape index (κ1) is 21.6. The lowest BCUT2D eigenvalue weighted by Gasteiger charge is -2.44. The molecular formula is C27H42O. The molecule has 0 aromatic rings. The van der Waals surface area contributed by atoms with E-state index in [2.05, 4.69) is 46.1 Å². The van der Waals surface area contributed by atoms with Crippen LogP contribution in [0.2, 0.25) is 0 Å². The van der Waals surface area contributed by atoms with Gasteiger partial charge in [0.05, 0.1) is 6.10 Å². The van der Waals surface area contributed by atoms with E-state index in [1.165, 1.54) is 68.1 Å². The van der Waals surface area contributed by atoms with Crippen LogP contribution in [0, 0.1) is 23.2 Å². The third-order valence-corrected chi connectivity index (χ3v) is 8.18. The summed E-state index contributed by atoms with van der Waals surface area (Å²) in [7, 11) is 0. The highest BCUT2D eigenvalue weighted by Gasteiger charge is 2.50. The Balaban J connectivity index is 1.70. The molecule has 0 spiro atoms. The van der Waals surface area contributed by atoms with Crippen molar-refractivity contribution in [2.45, 2.75) is 97.5 Å². The van der Waals surface area contributed by atoms with Crippen LogP contribution >= 0.6 is 0 Å². The maximum atomic E-state index is 10.0. The zero-order valence-corrected chi connectivity index (χ0v) is 18.6. The molecule has 3 saturated carbocycles. The second-order valence-electron chi connectivity index (χ2n) is 10.4. The van der Waals surface area contributed by atoms with Crippen molar-refractivity contribution in [1.82, 2.24) is 0 Å². The van der Waals surface area contributed by atoms with Crippen molar-refractivity contribution >= 4 is 0 Å². The molecule has 3 aliphatic carbocycles. The topological polar surface area (TPSA) is 20.2 Å². The summed E-state index contributed by atoms with van der Waals surface area (Å²) in [4.78, 5) is 0. The van der Waals surface area contributed by atoms with Crippen LogP contribution < -0.4 is 0 Å². The monoisotopic (exact) mass is 382 g/mol. The number of hydrogen-bond donors (Lipinski definition) is 1. The van der Waals surface area contributed by atoms with Gasteiger partial charge in [0.25, 0.3) is 0 Å². The zero-order valence-electron chi connectivity index (χ0n) is 18.6. The summed E-state index contributed by atoms with van der Waals surface area (Å²) in [5.74, 6) is 2.44. The molecule has 0 radical (unpaired) electrons. The number of aliphatic hydroxyl groups excluding tert-OH is 1. The number of fused-ring (bicyclic) bond motifs is 1. The van der Waals surface area contributed by atoms with Gasteiger partial charge in [-0.05, 0) is 99.9 Å². The summed E-state index contributed by atoms with van der Waals surface area (Å²) in [6.45, 7) is 15.6. The van der Waals surface area contributed by atoms with Crippen LogP contribution in [0.4, 0.5) is 0 Å². The van der Waals surface area contributed by atoms with Crippen LogP contribution in [0.3, 0.4) is 0 Å². The Morgan fingerprint density at radius 2 is 2.04 bits per heavy atom. The first-order valence-electron chi connectivity index (χ1n) is 11.7. The Hall–Kier alpha value is -1.08. The van der Waals surface area contributed by atoms with Gasteiger partial charge in [0.1, 0.15) is 0 Å². The summed E-state index contributed by atoms with van der Waals surface area (Å²) < 4.78 is 0. The van der Waals surface area contributed by atoms with Crippen LogP contribution in [0.25, 0.3) is 0 Å². The predicted octanol–water partition coefficient (Wildman–Crippen LogP) is 7.54. The minimum Gasteiger partial charge on any atom is -0.393 e. The van der Waals surface area contributed by atoms with E-state index in [1.54, 1.807) is 5.57 Å². The van der Waals surface area contributed by atoms with Crippen molar-refractivity contribution in [2.24, 2.45) is 23.2 Å². The minimum atomic E-state index is -0.178. The van der Waals surface area contributed by atoms with Gasteiger partial charge in [0.15, 0.2) is 0 Å². The first-order valence-corrected chi connectivity index (χ1v) is 11.7. The third kappa shape index (κ3) is 4.73. The van der Waals surface area contributed by atoms with Crippen molar-refractivity contribution < 1.29 is 5.11 Å². The summed E-state index contributed by atoms with van der Waals surface area (Å²) in [5, 5.41) is 10.0. The highest BCUT2D eigenvalue weighted by atomic mass is 16.3. The van der Waals surface area contributed by atoms with E-state index in [0.717, 1.165) is 37.0 Å². The Morgan fingerprint density at radius 1 is 1.25 bits per heavy atom. The van der Waals surface area contributed by atoms with Crippen molar-refractivity contribution in [1.29, 1.82) is 0 Å². The summed E-state index contributed by atoms with van der Waals surface area (Å²) in [6, 6.07) is 0. The smallest absolute Gasteiger partial charge is 0.0583 e. The highest BCUT2D eigenvalue weighted by Crippen LogP contribution is 2.59. The summed E-state index contributed by atoms with van der Waals surface area (Å²) in [5.41, 5.74) is 5.99. The van der Waals surface area contributed by atoms with Crippen molar-refractivity contribution in [2.75, 3.05) is 0 Å². The van der Waals surface area contributed by atoms with Crippen LogP contribution in [-0.2, 0) is 0 Å². The molecule has 0 saturated heterocycles. The fourth-order valence-corrected chi connectivity index (χ4v) is 6.54. The molecule has 3 fully saturated rings. The number of rotatable bonds is 6. The Labute approximate surface area is 173 Å². The van der Waals surface area contributed by atoms with Gasteiger partial charge in [-0.25, -0.2) is 0 Å². The van der Waals surface area contributed by atoms with Crippen LogP contribution in [0.1, 0.15) is 91.4 Å². The molecule has 3 rings (SSSR count). The third-order valence-electron chi connectivity index (χ3n) is 8.18. The molecule has 156 valence electrons. The predicted molar refractivity (Wildman–Crippen MR) is 121 cm³/mol. The first-order chi connectivity index (χ1) is 13.3. The highest BCUT2D eigenvalue weighted by molar-refractivity contribution is 5.36. The number of aliphatic hydroxyl groups is 1. The normalized spacial score (nSPS) is 37.3. The van der Waals surface area contributed by atoms with E-state index < -0.39 is 0 Å². The molecule has 0 aromatic heterocycles. The zero-order chi connectivity index (χ0) is 20.3. The van der Waals surface area contributed by atoms with Gasteiger partial charge < -0.3 is 5.11 Å². The number of allylic oxidation sites excluding steroid dienone is 5. The average molecular weight is 383 g/mol. The molecule has 1 N–H and O–H groups in total. The van der Waals surface area contributed by atoms with E-state index in [0.29, 0.717) is 5.41 Å². The van der Waals surface area contributed by atoms with Gasteiger partial charge >= 0.3 is 0 Å². The molecule has 0 unspecified atom stereocenters. The van der Waals surface area contributed by atoms with Gasteiger partial charge in [-0.1, -0.05) is 55.7 Å². The summed E-state index contributed by atoms with van der Waals surface area (Å²) in [6.07, 6.45) is 17.7. The Bertz CT molecular complexity index is 651. The Kier molecular flexibility index (Phi) is 7.07.